The monoisotopic (exact) mass is 254 g/mol. The van der Waals surface area contributed by atoms with Gasteiger partial charge >= 0.3 is 0 Å². The number of carbonyl (C=O) groups is 1. The Morgan fingerprint density at radius 1 is 1.00 bits per heavy atom. The Balaban J connectivity index is 1.83. The molecule has 0 bridgehead atoms. The van der Waals surface area contributed by atoms with E-state index in [1.807, 2.05) is 0 Å². The van der Waals surface area contributed by atoms with Gasteiger partial charge in [0.25, 0.3) is 0 Å². The van der Waals surface area contributed by atoms with Crippen LogP contribution < -0.4 is 11.1 Å². The first-order chi connectivity index (χ1) is 8.54. The zero-order chi connectivity index (χ0) is 13.1. The summed E-state index contributed by atoms with van der Waals surface area (Å²) >= 11 is 0. The normalized spacial score (nSPS) is 26.6. The van der Waals surface area contributed by atoms with E-state index in [0.717, 1.165) is 51.4 Å². The van der Waals surface area contributed by atoms with Crippen molar-refractivity contribution in [3.05, 3.63) is 0 Å². The largest absolute Gasteiger partial charge is 0.388 e. The third-order valence-corrected chi connectivity index (χ3v) is 4.56. The van der Waals surface area contributed by atoms with E-state index in [1.54, 1.807) is 0 Å². The Morgan fingerprint density at radius 3 is 2.06 bits per heavy atom. The van der Waals surface area contributed by atoms with Crippen molar-refractivity contribution >= 4 is 5.91 Å². The summed E-state index contributed by atoms with van der Waals surface area (Å²) < 4.78 is 0. The van der Waals surface area contributed by atoms with Gasteiger partial charge in [0, 0.05) is 6.54 Å². The molecule has 0 unspecified atom stereocenters. The van der Waals surface area contributed by atoms with E-state index in [2.05, 4.69) is 5.32 Å². The summed E-state index contributed by atoms with van der Waals surface area (Å²) in [6.07, 6.45) is 9.69. The van der Waals surface area contributed by atoms with Gasteiger partial charge in [-0.05, 0) is 25.7 Å². The molecule has 4 nitrogen and oxygen atoms in total. The third-order valence-electron chi connectivity index (χ3n) is 4.56. The van der Waals surface area contributed by atoms with Crippen molar-refractivity contribution in [1.82, 2.24) is 5.32 Å². The highest BCUT2D eigenvalue weighted by molar-refractivity contribution is 5.86. The van der Waals surface area contributed by atoms with Gasteiger partial charge in [-0.25, -0.2) is 0 Å². The zero-order valence-electron chi connectivity index (χ0n) is 11.2. The predicted octanol–water partition coefficient (Wildman–Crippen LogP) is 1.46. The summed E-state index contributed by atoms with van der Waals surface area (Å²) in [6, 6.07) is 0. The smallest absolute Gasteiger partial charge is 0.240 e. The molecular weight excluding hydrogens is 228 g/mol. The molecule has 0 saturated heterocycles. The van der Waals surface area contributed by atoms with E-state index in [1.165, 1.54) is 12.8 Å². The molecule has 0 spiro atoms. The quantitative estimate of drug-likeness (QED) is 0.713. The molecule has 0 aromatic carbocycles. The maximum Gasteiger partial charge on any atom is 0.240 e. The van der Waals surface area contributed by atoms with Gasteiger partial charge in [0.1, 0.15) is 0 Å². The van der Waals surface area contributed by atoms with E-state index >= 15 is 0 Å². The van der Waals surface area contributed by atoms with Gasteiger partial charge in [-0.15, -0.1) is 0 Å². The number of hydrogen-bond acceptors (Lipinski definition) is 3. The highest BCUT2D eigenvalue weighted by Gasteiger charge is 2.37. The highest BCUT2D eigenvalue weighted by atomic mass is 16.3. The molecule has 2 saturated carbocycles. The Hall–Kier alpha value is -0.610. The number of nitrogens with one attached hydrogen (secondary N) is 1. The Morgan fingerprint density at radius 2 is 1.50 bits per heavy atom. The van der Waals surface area contributed by atoms with E-state index in [9.17, 15) is 9.90 Å². The second-order valence-corrected chi connectivity index (χ2v) is 6.18. The van der Waals surface area contributed by atoms with Crippen molar-refractivity contribution in [1.29, 1.82) is 0 Å². The lowest BCUT2D eigenvalue weighted by Gasteiger charge is -2.36. The first-order valence-electron chi connectivity index (χ1n) is 7.34. The molecule has 1 amide bonds. The molecule has 2 rings (SSSR count). The van der Waals surface area contributed by atoms with Crippen LogP contribution in [0.4, 0.5) is 0 Å². The lowest BCUT2D eigenvalue weighted by atomic mass is 9.81. The number of hydrogen-bond donors (Lipinski definition) is 3. The lowest BCUT2D eigenvalue weighted by molar-refractivity contribution is -0.129. The van der Waals surface area contributed by atoms with Crippen LogP contribution in [-0.2, 0) is 4.79 Å². The highest BCUT2D eigenvalue weighted by Crippen LogP contribution is 2.29. The molecule has 2 fully saturated rings. The summed E-state index contributed by atoms with van der Waals surface area (Å²) in [4.78, 5) is 12.2. The van der Waals surface area contributed by atoms with Crippen LogP contribution in [0.2, 0.25) is 0 Å². The second-order valence-electron chi connectivity index (χ2n) is 6.18. The van der Waals surface area contributed by atoms with E-state index < -0.39 is 11.1 Å². The van der Waals surface area contributed by atoms with Gasteiger partial charge in [-0.1, -0.05) is 38.5 Å². The van der Waals surface area contributed by atoms with Gasteiger partial charge in [-0.3, -0.25) is 4.79 Å². The second kappa shape index (κ2) is 5.57. The van der Waals surface area contributed by atoms with E-state index in [4.69, 9.17) is 5.73 Å². The molecule has 0 aromatic rings. The van der Waals surface area contributed by atoms with Crippen LogP contribution in [0.3, 0.4) is 0 Å². The standard InChI is InChI=1S/C14H26N2O2/c15-14(9-5-2-6-10-14)12(17)16-11-13(18)7-3-1-4-8-13/h18H,1-11,15H2,(H,16,17). The van der Waals surface area contributed by atoms with Crippen LogP contribution in [0.15, 0.2) is 0 Å². The molecular formula is C14H26N2O2. The molecule has 0 radical (unpaired) electrons. The van der Waals surface area contributed by atoms with Gasteiger partial charge in [0.15, 0.2) is 0 Å². The van der Waals surface area contributed by atoms with Gasteiger partial charge in [0.2, 0.25) is 5.91 Å². The number of amides is 1. The molecule has 2 aliphatic carbocycles. The molecule has 0 aliphatic heterocycles. The Kier molecular flexibility index (Phi) is 4.28. The molecule has 0 atom stereocenters. The molecule has 0 aromatic heterocycles. The fourth-order valence-electron chi connectivity index (χ4n) is 3.22. The minimum absolute atomic E-state index is 0.0683. The number of aliphatic hydroxyl groups is 1. The van der Waals surface area contributed by atoms with Crippen molar-refractivity contribution < 1.29 is 9.90 Å². The summed E-state index contributed by atoms with van der Waals surface area (Å²) in [6.45, 7) is 0.366. The first kappa shape index (κ1) is 13.8. The molecule has 18 heavy (non-hydrogen) atoms. The topological polar surface area (TPSA) is 75.4 Å². The van der Waals surface area contributed by atoms with Crippen LogP contribution in [0.5, 0.6) is 0 Å². The van der Waals surface area contributed by atoms with Gasteiger partial charge in [0.05, 0.1) is 11.1 Å². The van der Waals surface area contributed by atoms with E-state index in [0.29, 0.717) is 6.54 Å². The van der Waals surface area contributed by atoms with Crippen molar-refractivity contribution in [2.75, 3.05) is 6.54 Å². The minimum atomic E-state index is -0.695. The molecule has 4 N–H and O–H groups in total. The number of carbonyl (C=O) groups excluding carboxylic acids is 1. The van der Waals surface area contributed by atoms with Crippen molar-refractivity contribution in [3.63, 3.8) is 0 Å². The summed E-state index contributed by atoms with van der Waals surface area (Å²) in [5.74, 6) is -0.0683. The van der Waals surface area contributed by atoms with Crippen LogP contribution >= 0.6 is 0 Å². The summed E-state index contributed by atoms with van der Waals surface area (Å²) in [7, 11) is 0. The van der Waals surface area contributed by atoms with Crippen molar-refractivity contribution in [2.45, 2.75) is 75.3 Å². The third kappa shape index (κ3) is 3.23. The Bertz CT molecular complexity index is 292. The van der Waals surface area contributed by atoms with Crippen LogP contribution in [0, 0.1) is 0 Å². The van der Waals surface area contributed by atoms with Gasteiger partial charge in [-0.2, -0.15) is 0 Å². The fourth-order valence-corrected chi connectivity index (χ4v) is 3.22. The molecule has 104 valence electrons. The summed E-state index contributed by atoms with van der Waals surface area (Å²) in [5.41, 5.74) is 4.78. The Labute approximate surface area is 109 Å². The minimum Gasteiger partial charge on any atom is -0.388 e. The van der Waals surface area contributed by atoms with Crippen molar-refractivity contribution in [3.8, 4) is 0 Å². The van der Waals surface area contributed by atoms with E-state index in [-0.39, 0.29) is 5.91 Å². The molecule has 0 heterocycles. The predicted molar refractivity (Wildman–Crippen MR) is 71.0 cm³/mol. The molecule has 2 aliphatic rings. The average Bonchev–Trinajstić information content (AvgIpc) is 2.38. The first-order valence-corrected chi connectivity index (χ1v) is 7.34. The molecule has 4 heteroatoms. The van der Waals surface area contributed by atoms with Gasteiger partial charge < -0.3 is 16.2 Å². The van der Waals surface area contributed by atoms with Crippen LogP contribution in [0.25, 0.3) is 0 Å². The number of nitrogens with two attached hydrogens (primary N) is 1. The van der Waals surface area contributed by atoms with Crippen molar-refractivity contribution in [2.24, 2.45) is 5.73 Å². The SMILES string of the molecule is NC1(C(=O)NCC2(O)CCCCC2)CCCCC1. The summed E-state index contributed by atoms with van der Waals surface area (Å²) in [5, 5.41) is 13.2. The average molecular weight is 254 g/mol. The lowest BCUT2D eigenvalue weighted by Crippen LogP contribution is -2.57. The number of rotatable bonds is 3. The fraction of sp³-hybridized carbons (Fsp3) is 0.929. The zero-order valence-corrected chi connectivity index (χ0v) is 11.2. The maximum absolute atomic E-state index is 12.2. The maximum atomic E-state index is 12.2. The van der Waals surface area contributed by atoms with Crippen LogP contribution in [-0.4, -0.2) is 28.7 Å². The van der Waals surface area contributed by atoms with Crippen LogP contribution in [0.1, 0.15) is 64.2 Å².